The molecular formula is C6H6ClF3N2. The van der Waals surface area contributed by atoms with Crippen LogP contribution in [-0.4, -0.2) is 9.78 Å². The van der Waals surface area contributed by atoms with Gasteiger partial charge in [0.25, 0.3) is 0 Å². The minimum Gasteiger partial charge on any atom is -0.271 e. The first-order chi connectivity index (χ1) is 5.46. The molecule has 0 aliphatic rings. The molecule has 0 amide bonds. The third-order valence-electron chi connectivity index (χ3n) is 1.49. The van der Waals surface area contributed by atoms with E-state index in [1.54, 1.807) is 0 Å². The second kappa shape index (κ2) is 2.97. The third kappa shape index (κ3) is 1.55. The number of aromatic nitrogens is 2. The van der Waals surface area contributed by atoms with Crippen LogP contribution in [0.3, 0.4) is 0 Å². The molecule has 2 nitrogen and oxygen atoms in total. The highest BCUT2D eigenvalue weighted by Gasteiger charge is 2.35. The molecule has 1 aromatic heterocycles. The van der Waals surface area contributed by atoms with Gasteiger partial charge >= 0.3 is 6.18 Å². The molecule has 0 bridgehead atoms. The first kappa shape index (κ1) is 9.38. The van der Waals surface area contributed by atoms with Gasteiger partial charge in [0.2, 0.25) is 0 Å². The van der Waals surface area contributed by atoms with Gasteiger partial charge in [-0.3, -0.25) is 4.68 Å². The second-order valence-electron chi connectivity index (χ2n) is 2.26. The van der Waals surface area contributed by atoms with Gasteiger partial charge in [0, 0.05) is 7.05 Å². The number of halogens is 4. The lowest BCUT2D eigenvalue weighted by molar-refractivity contribution is -0.138. The summed E-state index contributed by atoms with van der Waals surface area (Å²) >= 11 is 5.32. The van der Waals surface area contributed by atoms with Crippen LogP contribution < -0.4 is 0 Å². The van der Waals surface area contributed by atoms with Crippen molar-refractivity contribution in [2.75, 3.05) is 0 Å². The maximum absolute atomic E-state index is 12.1. The van der Waals surface area contributed by atoms with Crippen molar-refractivity contribution >= 4 is 11.6 Å². The lowest BCUT2D eigenvalue weighted by atomic mass is 10.2. The standard InChI is InChI=1S/C6H6ClF3N2/c1-12-5(2-7)4(3-11-12)6(8,9)10/h3H,2H2,1H3. The minimum atomic E-state index is -4.36. The molecule has 0 atom stereocenters. The molecule has 0 unspecified atom stereocenters. The van der Waals surface area contributed by atoms with Crippen molar-refractivity contribution in [3.8, 4) is 0 Å². The Hall–Kier alpha value is -0.710. The maximum Gasteiger partial charge on any atom is 0.419 e. The van der Waals surface area contributed by atoms with Gasteiger partial charge in [-0.2, -0.15) is 18.3 Å². The van der Waals surface area contributed by atoms with Crippen LogP contribution in [-0.2, 0) is 19.1 Å². The van der Waals surface area contributed by atoms with Gasteiger partial charge < -0.3 is 0 Å². The number of hydrogen-bond donors (Lipinski definition) is 0. The fourth-order valence-electron chi connectivity index (χ4n) is 0.858. The van der Waals surface area contributed by atoms with E-state index >= 15 is 0 Å². The van der Waals surface area contributed by atoms with Crippen LogP contribution in [0.15, 0.2) is 6.20 Å². The van der Waals surface area contributed by atoms with E-state index in [0.717, 1.165) is 10.9 Å². The van der Waals surface area contributed by atoms with Crippen LogP contribution in [0, 0.1) is 0 Å². The van der Waals surface area contributed by atoms with E-state index in [0.29, 0.717) is 0 Å². The Balaban J connectivity index is 3.16. The van der Waals surface area contributed by atoms with Gasteiger partial charge in [-0.15, -0.1) is 11.6 Å². The van der Waals surface area contributed by atoms with E-state index in [1.807, 2.05) is 0 Å². The molecule has 0 spiro atoms. The normalized spacial score (nSPS) is 12.1. The minimum absolute atomic E-state index is 0.0100. The Labute approximate surface area is 71.9 Å². The largest absolute Gasteiger partial charge is 0.419 e. The summed E-state index contributed by atoms with van der Waals surface area (Å²) in [4.78, 5) is 0. The lowest BCUT2D eigenvalue weighted by Gasteiger charge is -2.05. The molecule has 1 heterocycles. The van der Waals surface area contributed by atoms with Gasteiger partial charge in [-0.25, -0.2) is 0 Å². The van der Waals surface area contributed by atoms with E-state index in [1.165, 1.54) is 7.05 Å². The van der Waals surface area contributed by atoms with Crippen molar-refractivity contribution in [3.63, 3.8) is 0 Å². The molecule has 68 valence electrons. The molecular weight excluding hydrogens is 193 g/mol. The summed E-state index contributed by atoms with van der Waals surface area (Å²) < 4.78 is 37.5. The SMILES string of the molecule is Cn1ncc(C(F)(F)F)c1CCl. The molecule has 0 saturated carbocycles. The van der Waals surface area contributed by atoms with Gasteiger partial charge in [-0.05, 0) is 0 Å². The molecule has 0 aliphatic carbocycles. The van der Waals surface area contributed by atoms with Crippen LogP contribution in [0.1, 0.15) is 11.3 Å². The van der Waals surface area contributed by atoms with E-state index in [2.05, 4.69) is 5.10 Å². The van der Waals surface area contributed by atoms with Gasteiger partial charge in [-0.1, -0.05) is 0 Å². The second-order valence-corrected chi connectivity index (χ2v) is 2.53. The molecule has 0 fully saturated rings. The van der Waals surface area contributed by atoms with Gasteiger partial charge in [0.15, 0.2) is 0 Å². The van der Waals surface area contributed by atoms with Crippen molar-refractivity contribution in [2.45, 2.75) is 12.1 Å². The molecule has 1 aromatic rings. The van der Waals surface area contributed by atoms with Crippen LogP contribution in [0.2, 0.25) is 0 Å². The van der Waals surface area contributed by atoms with Gasteiger partial charge in [0.05, 0.1) is 23.3 Å². The van der Waals surface area contributed by atoms with Crippen LogP contribution in [0.4, 0.5) is 13.2 Å². The molecule has 0 aromatic carbocycles. The van der Waals surface area contributed by atoms with Crippen molar-refractivity contribution < 1.29 is 13.2 Å². The van der Waals surface area contributed by atoms with Crippen LogP contribution in [0.5, 0.6) is 0 Å². The Morgan fingerprint density at radius 2 is 2.17 bits per heavy atom. The zero-order valence-electron chi connectivity index (χ0n) is 6.19. The van der Waals surface area contributed by atoms with Crippen molar-refractivity contribution in [3.05, 3.63) is 17.5 Å². The number of nitrogens with zero attached hydrogens (tertiary/aromatic N) is 2. The molecule has 0 radical (unpaired) electrons. The highest BCUT2D eigenvalue weighted by Crippen LogP contribution is 2.32. The summed E-state index contributed by atoms with van der Waals surface area (Å²) in [6, 6.07) is 0. The molecule has 6 heteroatoms. The summed E-state index contributed by atoms with van der Waals surface area (Å²) in [5.41, 5.74) is -0.774. The van der Waals surface area contributed by atoms with E-state index in [4.69, 9.17) is 11.6 Å². The molecule has 0 N–H and O–H groups in total. The zero-order valence-corrected chi connectivity index (χ0v) is 6.95. The van der Waals surface area contributed by atoms with Crippen LogP contribution >= 0.6 is 11.6 Å². The summed E-state index contributed by atoms with van der Waals surface area (Å²) in [5, 5.41) is 3.47. The Kier molecular flexibility index (Phi) is 2.32. The first-order valence-corrected chi connectivity index (χ1v) is 3.64. The maximum atomic E-state index is 12.1. The highest BCUT2D eigenvalue weighted by atomic mass is 35.5. The summed E-state index contributed by atoms with van der Waals surface area (Å²) in [7, 11) is 1.42. The van der Waals surface area contributed by atoms with E-state index in [-0.39, 0.29) is 11.6 Å². The summed E-state index contributed by atoms with van der Waals surface area (Å²) in [6.45, 7) is 0. The van der Waals surface area contributed by atoms with Crippen molar-refractivity contribution in [1.29, 1.82) is 0 Å². The smallest absolute Gasteiger partial charge is 0.271 e. The third-order valence-corrected chi connectivity index (χ3v) is 1.75. The Bertz CT molecular complexity index is 279. The summed E-state index contributed by atoms with van der Waals surface area (Å²) in [5.74, 6) is -0.189. The number of alkyl halides is 4. The molecule has 0 saturated heterocycles. The monoisotopic (exact) mass is 198 g/mol. The quantitative estimate of drug-likeness (QED) is 0.633. The molecule has 0 aliphatic heterocycles. The fourth-order valence-corrected chi connectivity index (χ4v) is 1.18. The topological polar surface area (TPSA) is 17.8 Å². The van der Waals surface area contributed by atoms with Gasteiger partial charge in [0.1, 0.15) is 0 Å². The Morgan fingerprint density at radius 3 is 2.50 bits per heavy atom. The van der Waals surface area contributed by atoms with Crippen LogP contribution in [0.25, 0.3) is 0 Å². The van der Waals surface area contributed by atoms with Crippen molar-refractivity contribution in [1.82, 2.24) is 9.78 Å². The number of aryl methyl sites for hydroxylation is 1. The molecule has 1 rings (SSSR count). The lowest BCUT2D eigenvalue weighted by Crippen LogP contribution is -2.08. The average Bonchev–Trinajstić information content (AvgIpc) is 2.29. The summed E-state index contributed by atoms with van der Waals surface area (Å²) in [6.07, 6.45) is -3.59. The Morgan fingerprint density at radius 1 is 1.58 bits per heavy atom. The predicted molar refractivity (Wildman–Crippen MR) is 37.8 cm³/mol. The highest BCUT2D eigenvalue weighted by molar-refractivity contribution is 6.17. The zero-order chi connectivity index (χ0) is 9.35. The number of rotatable bonds is 1. The number of hydrogen-bond acceptors (Lipinski definition) is 1. The van der Waals surface area contributed by atoms with E-state index < -0.39 is 11.7 Å². The van der Waals surface area contributed by atoms with E-state index in [9.17, 15) is 13.2 Å². The average molecular weight is 199 g/mol. The molecule has 12 heavy (non-hydrogen) atoms. The first-order valence-electron chi connectivity index (χ1n) is 3.11. The fraction of sp³-hybridized carbons (Fsp3) is 0.500. The van der Waals surface area contributed by atoms with Crippen molar-refractivity contribution in [2.24, 2.45) is 7.05 Å². The predicted octanol–water partition coefficient (Wildman–Crippen LogP) is 2.18.